The Bertz CT molecular complexity index is 376. The van der Waals surface area contributed by atoms with Gasteiger partial charge in [0.05, 0.1) is 0 Å². The summed E-state index contributed by atoms with van der Waals surface area (Å²) in [7, 11) is 2.09. The highest BCUT2D eigenvalue weighted by molar-refractivity contribution is 5.94. The first-order chi connectivity index (χ1) is 7.20. The topological polar surface area (TPSA) is 46.3 Å². The molecule has 80 valence electrons. The van der Waals surface area contributed by atoms with Crippen LogP contribution in [0.25, 0.3) is 0 Å². The van der Waals surface area contributed by atoms with Crippen molar-refractivity contribution in [3.8, 4) is 0 Å². The first-order valence-electron chi connectivity index (χ1n) is 5.29. The Morgan fingerprint density at radius 3 is 2.80 bits per heavy atom. The van der Waals surface area contributed by atoms with Crippen LogP contribution in [-0.2, 0) is 0 Å². The second kappa shape index (κ2) is 4.03. The molecule has 0 aromatic heterocycles. The normalized spacial score (nSPS) is 21.8. The summed E-state index contributed by atoms with van der Waals surface area (Å²) in [6, 6.07) is 8.00. The van der Waals surface area contributed by atoms with Crippen LogP contribution in [0.2, 0.25) is 0 Å². The number of carbonyl (C=O) groups excluding carboxylic acids is 1. The standard InChI is InChI=1S/C12H16N2O/c1-14-8-4-7-11(14)9-5-2-3-6-10(9)12(13)15/h2-3,5-6,11H,4,7-8H2,1H3,(H2,13,15). The van der Waals surface area contributed by atoms with E-state index in [2.05, 4.69) is 11.9 Å². The molecule has 0 radical (unpaired) electrons. The lowest BCUT2D eigenvalue weighted by Gasteiger charge is -2.21. The van der Waals surface area contributed by atoms with E-state index < -0.39 is 0 Å². The molecule has 3 nitrogen and oxygen atoms in total. The SMILES string of the molecule is CN1CCCC1c1ccccc1C(N)=O. The number of carbonyl (C=O) groups is 1. The summed E-state index contributed by atoms with van der Waals surface area (Å²) >= 11 is 0. The van der Waals surface area contributed by atoms with E-state index in [1.165, 1.54) is 6.42 Å². The Hall–Kier alpha value is -1.35. The van der Waals surface area contributed by atoms with Crippen LogP contribution < -0.4 is 5.73 Å². The predicted octanol–water partition coefficient (Wildman–Crippen LogP) is 1.55. The van der Waals surface area contributed by atoms with E-state index in [0.717, 1.165) is 18.5 Å². The Balaban J connectivity index is 2.38. The summed E-state index contributed by atoms with van der Waals surface area (Å²) in [5, 5.41) is 0. The monoisotopic (exact) mass is 204 g/mol. The van der Waals surface area contributed by atoms with Gasteiger partial charge in [0.25, 0.3) is 0 Å². The quantitative estimate of drug-likeness (QED) is 0.794. The Morgan fingerprint density at radius 2 is 2.20 bits per heavy atom. The van der Waals surface area contributed by atoms with Crippen LogP contribution in [0, 0.1) is 0 Å². The van der Waals surface area contributed by atoms with Gasteiger partial charge in [0, 0.05) is 11.6 Å². The molecule has 1 aliphatic heterocycles. The van der Waals surface area contributed by atoms with Crippen molar-refractivity contribution in [1.82, 2.24) is 4.90 Å². The van der Waals surface area contributed by atoms with Gasteiger partial charge in [-0.15, -0.1) is 0 Å². The van der Waals surface area contributed by atoms with Gasteiger partial charge in [0.15, 0.2) is 0 Å². The molecule has 1 fully saturated rings. The maximum absolute atomic E-state index is 11.3. The van der Waals surface area contributed by atoms with Crippen LogP contribution in [0.15, 0.2) is 24.3 Å². The minimum atomic E-state index is -0.328. The van der Waals surface area contributed by atoms with Crippen molar-refractivity contribution < 1.29 is 4.79 Å². The molecule has 0 bridgehead atoms. The zero-order valence-electron chi connectivity index (χ0n) is 8.94. The van der Waals surface area contributed by atoms with E-state index in [4.69, 9.17) is 5.73 Å². The summed E-state index contributed by atoms with van der Waals surface area (Å²) in [4.78, 5) is 13.6. The van der Waals surface area contributed by atoms with Crippen LogP contribution >= 0.6 is 0 Å². The van der Waals surface area contributed by atoms with Crippen molar-refractivity contribution in [1.29, 1.82) is 0 Å². The molecule has 1 aliphatic rings. The average molecular weight is 204 g/mol. The summed E-state index contributed by atoms with van der Waals surface area (Å²) in [6.45, 7) is 1.10. The van der Waals surface area contributed by atoms with Gasteiger partial charge in [-0.2, -0.15) is 0 Å². The predicted molar refractivity (Wildman–Crippen MR) is 59.6 cm³/mol. The molecule has 2 N–H and O–H groups in total. The number of nitrogens with two attached hydrogens (primary N) is 1. The Labute approximate surface area is 89.9 Å². The van der Waals surface area contributed by atoms with Gasteiger partial charge in [0.1, 0.15) is 0 Å². The maximum atomic E-state index is 11.3. The molecular weight excluding hydrogens is 188 g/mol. The second-order valence-electron chi connectivity index (χ2n) is 4.09. The highest BCUT2D eigenvalue weighted by Crippen LogP contribution is 2.32. The third-order valence-corrected chi connectivity index (χ3v) is 3.11. The molecule has 1 saturated heterocycles. The first kappa shape index (κ1) is 10.2. The van der Waals surface area contributed by atoms with E-state index in [1.54, 1.807) is 0 Å². The minimum absolute atomic E-state index is 0.328. The molecule has 0 spiro atoms. The van der Waals surface area contributed by atoms with Crippen LogP contribution in [-0.4, -0.2) is 24.4 Å². The van der Waals surface area contributed by atoms with Crippen molar-refractivity contribution in [2.75, 3.05) is 13.6 Å². The number of hydrogen-bond donors (Lipinski definition) is 1. The van der Waals surface area contributed by atoms with Gasteiger partial charge in [-0.25, -0.2) is 0 Å². The lowest BCUT2D eigenvalue weighted by Crippen LogP contribution is -2.22. The molecule has 1 atom stereocenters. The molecule has 1 amide bonds. The van der Waals surface area contributed by atoms with Gasteiger partial charge >= 0.3 is 0 Å². The van der Waals surface area contributed by atoms with E-state index in [1.807, 2.05) is 24.3 Å². The molecule has 1 aromatic rings. The lowest BCUT2D eigenvalue weighted by molar-refractivity contribution is 0.0998. The number of benzene rings is 1. The van der Waals surface area contributed by atoms with Crippen LogP contribution in [0.3, 0.4) is 0 Å². The zero-order valence-corrected chi connectivity index (χ0v) is 8.94. The van der Waals surface area contributed by atoms with Gasteiger partial charge in [-0.1, -0.05) is 18.2 Å². The van der Waals surface area contributed by atoms with Crippen molar-refractivity contribution in [2.24, 2.45) is 5.73 Å². The van der Waals surface area contributed by atoms with E-state index in [-0.39, 0.29) is 5.91 Å². The third kappa shape index (κ3) is 1.88. The average Bonchev–Trinajstić information content (AvgIpc) is 2.64. The van der Waals surface area contributed by atoms with Gasteiger partial charge in [-0.3, -0.25) is 9.69 Å². The van der Waals surface area contributed by atoms with Crippen LogP contribution in [0.4, 0.5) is 0 Å². The third-order valence-electron chi connectivity index (χ3n) is 3.11. The smallest absolute Gasteiger partial charge is 0.249 e. The Kier molecular flexibility index (Phi) is 2.73. The molecule has 2 rings (SSSR count). The fourth-order valence-electron chi connectivity index (χ4n) is 2.32. The number of likely N-dealkylation sites (tertiary alicyclic amines) is 1. The summed E-state index contributed by atoms with van der Waals surface area (Å²) < 4.78 is 0. The fourth-order valence-corrected chi connectivity index (χ4v) is 2.32. The van der Waals surface area contributed by atoms with Crippen LogP contribution in [0.1, 0.15) is 34.8 Å². The summed E-state index contributed by atoms with van der Waals surface area (Å²) in [5.41, 5.74) is 7.11. The lowest BCUT2D eigenvalue weighted by atomic mass is 9.98. The molecular formula is C12H16N2O. The van der Waals surface area contributed by atoms with Crippen molar-refractivity contribution >= 4 is 5.91 Å². The molecule has 1 aromatic carbocycles. The van der Waals surface area contributed by atoms with E-state index >= 15 is 0 Å². The second-order valence-corrected chi connectivity index (χ2v) is 4.09. The largest absolute Gasteiger partial charge is 0.366 e. The first-order valence-corrected chi connectivity index (χ1v) is 5.29. The van der Waals surface area contributed by atoms with E-state index in [0.29, 0.717) is 11.6 Å². The number of hydrogen-bond acceptors (Lipinski definition) is 2. The minimum Gasteiger partial charge on any atom is -0.366 e. The van der Waals surface area contributed by atoms with Crippen molar-refractivity contribution in [3.63, 3.8) is 0 Å². The molecule has 3 heteroatoms. The fraction of sp³-hybridized carbons (Fsp3) is 0.417. The number of nitrogens with zero attached hydrogens (tertiary/aromatic N) is 1. The maximum Gasteiger partial charge on any atom is 0.249 e. The molecule has 1 unspecified atom stereocenters. The van der Waals surface area contributed by atoms with E-state index in [9.17, 15) is 4.79 Å². The molecule has 15 heavy (non-hydrogen) atoms. The highest BCUT2D eigenvalue weighted by atomic mass is 16.1. The zero-order chi connectivity index (χ0) is 10.8. The number of rotatable bonds is 2. The van der Waals surface area contributed by atoms with Gasteiger partial charge in [0.2, 0.25) is 5.91 Å². The Morgan fingerprint density at radius 1 is 1.47 bits per heavy atom. The van der Waals surface area contributed by atoms with Gasteiger partial charge in [-0.05, 0) is 38.1 Å². The van der Waals surface area contributed by atoms with Crippen LogP contribution in [0.5, 0.6) is 0 Å². The molecule has 0 aliphatic carbocycles. The summed E-state index contributed by atoms with van der Waals surface area (Å²) in [6.07, 6.45) is 2.30. The van der Waals surface area contributed by atoms with Crippen molar-refractivity contribution in [3.05, 3.63) is 35.4 Å². The summed E-state index contributed by atoms with van der Waals surface area (Å²) in [5.74, 6) is -0.328. The number of amides is 1. The highest BCUT2D eigenvalue weighted by Gasteiger charge is 2.25. The molecule has 1 heterocycles. The number of primary amides is 1. The van der Waals surface area contributed by atoms with Crippen molar-refractivity contribution in [2.45, 2.75) is 18.9 Å². The molecule has 0 saturated carbocycles. The van der Waals surface area contributed by atoms with Gasteiger partial charge < -0.3 is 5.73 Å².